The number of hydrogen-bond acceptors (Lipinski definition) is 6. The molecule has 0 bridgehead atoms. The molecule has 42 heavy (non-hydrogen) atoms. The minimum atomic E-state index is 0.0735. The first kappa shape index (κ1) is 26.4. The maximum atomic E-state index is 14.2. The number of ether oxygens (including phenoxy) is 1. The lowest BCUT2D eigenvalue weighted by molar-refractivity contribution is 0.0747. The van der Waals surface area contributed by atoms with E-state index in [1.165, 1.54) is 0 Å². The third-order valence-corrected chi connectivity index (χ3v) is 8.23. The second-order valence-corrected chi connectivity index (χ2v) is 11.3. The summed E-state index contributed by atoms with van der Waals surface area (Å²) in [6, 6.07) is 25.9. The molecule has 5 aromatic rings. The quantitative estimate of drug-likeness (QED) is 0.234. The molecule has 1 fully saturated rings. The molecule has 0 saturated carbocycles. The summed E-state index contributed by atoms with van der Waals surface area (Å²) in [4.78, 5) is 27.7. The number of amides is 1. The Morgan fingerprint density at radius 2 is 1.60 bits per heavy atom. The number of allylic oxidation sites excluding steroid dienone is 1. The summed E-state index contributed by atoms with van der Waals surface area (Å²) in [5.41, 5.74) is 5.88. The van der Waals surface area contributed by atoms with E-state index >= 15 is 0 Å². The monoisotopic (exact) mass is 620 g/mol. The molecule has 8 nitrogen and oxygen atoms in total. The number of aromatic amines is 1. The Morgan fingerprint density at radius 3 is 2.36 bits per heavy atom. The number of carbonyl (C=O) groups is 1. The third-order valence-electron chi connectivity index (χ3n) is 7.88. The number of benzene rings is 3. The molecule has 1 aliphatic heterocycles. The van der Waals surface area contributed by atoms with Crippen LogP contribution in [0.1, 0.15) is 40.0 Å². The Kier molecular flexibility index (Phi) is 7.17. The molecule has 1 saturated heterocycles. The number of rotatable bonds is 5. The summed E-state index contributed by atoms with van der Waals surface area (Å²) in [7, 11) is 0. The van der Waals surface area contributed by atoms with Crippen LogP contribution >= 0.6 is 15.9 Å². The van der Waals surface area contributed by atoms with Gasteiger partial charge in [-0.2, -0.15) is 4.98 Å². The van der Waals surface area contributed by atoms with E-state index in [-0.39, 0.29) is 5.91 Å². The zero-order chi connectivity index (χ0) is 28.5. The van der Waals surface area contributed by atoms with Gasteiger partial charge in [-0.15, -0.1) is 5.10 Å². The summed E-state index contributed by atoms with van der Waals surface area (Å²) in [5, 5.41) is 8.00. The number of para-hydroxylation sites is 2. The lowest BCUT2D eigenvalue weighted by atomic mass is 9.85. The van der Waals surface area contributed by atoms with Gasteiger partial charge in [-0.05, 0) is 88.3 Å². The highest BCUT2D eigenvalue weighted by Crippen LogP contribution is 2.37. The topological polar surface area (TPSA) is 87.2 Å². The molecule has 1 N–H and O–H groups in total. The molecule has 9 heteroatoms. The van der Waals surface area contributed by atoms with Gasteiger partial charge in [0.15, 0.2) is 4.73 Å². The van der Waals surface area contributed by atoms with Crippen LogP contribution in [0.25, 0.3) is 22.6 Å². The minimum Gasteiger partial charge on any atom is -0.457 e. The first-order chi connectivity index (χ1) is 20.6. The molecular weight excluding hydrogens is 592 g/mol. The van der Waals surface area contributed by atoms with E-state index in [2.05, 4.69) is 54.2 Å². The number of aromatic nitrogens is 4. The van der Waals surface area contributed by atoms with Gasteiger partial charge in [0, 0.05) is 31.6 Å². The van der Waals surface area contributed by atoms with Gasteiger partial charge in [0.2, 0.25) is 5.95 Å². The number of carbonyl (C=O) groups excluding carboxylic acids is 1. The number of hydrogen-bond donors (Lipinski definition) is 1. The van der Waals surface area contributed by atoms with Crippen LogP contribution in [0.3, 0.4) is 0 Å². The number of H-pyrrole nitrogens is 1. The van der Waals surface area contributed by atoms with Crippen LogP contribution in [-0.4, -0.2) is 57.2 Å². The van der Waals surface area contributed by atoms with E-state index in [0.717, 1.165) is 69.6 Å². The Morgan fingerprint density at radius 1 is 0.857 bits per heavy atom. The van der Waals surface area contributed by atoms with Gasteiger partial charge in [-0.3, -0.25) is 9.89 Å². The fourth-order valence-corrected chi connectivity index (χ4v) is 6.07. The molecular formula is C33H29BrN6O2. The second-order valence-electron chi connectivity index (χ2n) is 10.5. The van der Waals surface area contributed by atoms with E-state index < -0.39 is 0 Å². The zero-order valence-corrected chi connectivity index (χ0v) is 24.5. The minimum absolute atomic E-state index is 0.0735. The van der Waals surface area contributed by atoms with Gasteiger partial charge in [-0.1, -0.05) is 48.5 Å². The Labute approximate surface area is 252 Å². The number of halogens is 1. The first-order valence-corrected chi connectivity index (χ1v) is 15.0. The SMILES string of the molecule is O=C(c1c2c(nc3ccccc13)/C(=C\c1ccc(Oc3ccccc3)cc1)CCC2)N1CCN(c2n[nH]c(Br)n2)CC1. The van der Waals surface area contributed by atoms with Crippen molar-refractivity contribution < 1.29 is 9.53 Å². The molecule has 7 rings (SSSR count). The van der Waals surface area contributed by atoms with E-state index in [4.69, 9.17) is 9.72 Å². The molecule has 0 spiro atoms. The molecule has 0 atom stereocenters. The third kappa shape index (κ3) is 5.27. The predicted molar refractivity (Wildman–Crippen MR) is 168 cm³/mol. The highest BCUT2D eigenvalue weighted by molar-refractivity contribution is 9.10. The van der Waals surface area contributed by atoms with Gasteiger partial charge >= 0.3 is 0 Å². The lowest BCUT2D eigenvalue weighted by Crippen LogP contribution is -2.49. The smallest absolute Gasteiger partial charge is 0.255 e. The van der Waals surface area contributed by atoms with Crippen LogP contribution in [0.15, 0.2) is 83.6 Å². The molecule has 3 aromatic carbocycles. The van der Waals surface area contributed by atoms with Crippen molar-refractivity contribution in [2.24, 2.45) is 0 Å². The van der Waals surface area contributed by atoms with E-state index in [1.807, 2.05) is 71.6 Å². The van der Waals surface area contributed by atoms with Gasteiger partial charge < -0.3 is 14.5 Å². The predicted octanol–water partition coefficient (Wildman–Crippen LogP) is 6.75. The molecule has 1 amide bonds. The number of nitrogens with zero attached hydrogens (tertiary/aromatic N) is 5. The molecule has 0 radical (unpaired) electrons. The van der Waals surface area contributed by atoms with Crippen LogP contribution < -0.4 is 9.64 Å². The highest BCUT2D eigenvalue weighted by Gasteiger charge is 2.30. The van der Waals surface area contributed by atoms with Crippen molar-refractivity contribution in [2.45, 2.75) is 19.3 Å². The Balaban J connectivity index is 1.18. The second kappa shape index (κ2) is 11.4. The van der Waals surface area contributed by atoms with Crippen LogP contribution in [0.5, 0.6) is 11.5 Å². The summed E-state index contributed by atoms with van der Waals surface area (Å²) < 4.78 is 6.57. The molecule has 2 aromatic heterocycles. The summed E-state index contributed by atoms with van der Waals surface area (Å²) in [6.07, 6.45) is 4.93. The van der Waals surface area contributed by atoms with Crippen molar-refractivity contribution in [2.75, 3.05) is 31.1 Å². The maximum absolute atomic E-state index is 14.2. The highest BCUT2D eigenvalue weighted by atomic mass is 79.9. The fraction of sp³-hybridized carbons (Fsp3) is 0.212. The molecule has 3 heterocycles. The molecule has 1 aliphatic carbocycles. The van der Waals surface area contributed by atoms with Crippen molar-refractivity contribution >= 4 is 50.3 Å². The van der Waals surface area contributed by atoms with Crippen molar-refractivity contribution in [3.63, 3.8) is 0 Å². The van der Waals surface area contributed by atoms with Crippen LogP contribution in [0, 0.1) is 0 Å². The lowest BCUT2D eigenvalue weighted by Gasteiger charge is -2.35. The normalized spacial score (nSPS) is 16.1. The Hall–Kier alpha value is -4.50. The summed E-state index contributed by atoms with van der Waals surface area (Å²) in [5.74, 6) is 2.32. The average Bonchev–Trinajstić information content (AvgIpc) is 3.47. The van der Waals surface area contributed by atoms with E-state index in [1.54, 1.807) is 0 Å². The van der Waals surface area contributed by atoms with Crippen LogP contribution in [0.2, 0.25) is 0 Å². The molecule has 210 valence electrons. The summed E-state index contributed by atoms with van der Waals surface area (Å²) in [6.45, 7) is 2.57. The summed E-state index contributed by atoms with van der Waals surface area (Å²) >= 11 is 3.33. The van der Waals surface area contributed by atoms with Gasteiger partial charge in [-0.25, -0.2) is 4.98 Å². The van der Waals surface area contributed by atoms with Crippen molar-refractivity contribution in [1.82, 2.24) is 25.1 Å². The average molecular weight is 622 g/mol. The van der Waals surface area contributed by atoms with Gasteiger partial charge in [0.05, 0.1) is 16.8 Å². The molecule has 2 aliphatic rings. The van der Waals surface area contributed by atoms with Crippen LogP contribution in [-0.2, 0) is 6.42 Å². The van der Waals surface area contributed by atoms with Gasteiger partial charge in [0.25, 0.3) is 5.91 Å². The van der Waals surface area contributed by atoms with Gasteiger partial charge in [0.1, 0.15) is 11.5 Å². The number of fused-ring (bicyclic) bond motifs is 2. The van der Waals surface area contributed by atoms with E-state index in [0.29, 0.717) is 36.9 Å². The number of pyridine rings is 1. The maximum Gasteiger partial charge on any atom is 0.255 e. The zero-order valence-electron chi connectivity index (χ0n) is 23.0. The largest absolute Gasteiger partial charge is 0.457 e. The number of nitrogens with one attached hydrogen (secondary N) is 1. The standard InChI is InChI=1S/C33H29BrN6O2/c34-32-36-33(38-37-32)40-19-17-39(18-20-40)31(41)29-26-10-4-5-12-28(26)35-30-23(7-6-11-27(29)30)21-22-13-15-25(16-14-22)42-24-8-2-1-3-9-24/h1-5,8-10,12-16,21H,6-7,11,17-20H2,(H,36,37,38)/b23-21-. The van der Waals surface area contributed by atoms with Crippen LogP contribution in [0.4, 0.5) is 5.95 Å². The number of piperazine rings is 1. The molecule has 0 unspecified atom stereocenters. The van der Waals surface area contributed by atoms with Crippen molar-refractivity contribution in [3.8, 4) is 11.5 Å². The number of anilines is 1. The fourth-order valence-electron chi connectivity index (χ4n) is 5.82. The van der Waals surface area contributed by atoms with E-state index in [9.17, 15) is 4.79 Å². The Bertz CT molecular complexity index is 1780. The first-order valence-electron chi connectivity index (χ1n) is 14.2. The van der Waals surface area contributed by atoms with Crippen molar-refractivity contribution in [1.29, 1.82) is 0 Å². The van der Waals surface area contributed by atoms with Crippen molar-refractivity contribution in [3.05, 3.63) is 106 Å².